The van der Waals surface area contributed by atoms with E-state index >= 15 is 0 Å². The van der Waals surface area contributed by atoms with E-state index in [0.29, 0.717) is 18.1 Å². The van der Waals surface area contributed by atoms with Gasteiger partial charge in [-0.3, -0.25) is 9.69 Å². The zero-order valence-corrected chi connectivity index (χ0v) is 11.9. The van der Waals surface area contributed by atoms with E-state index in [9.17, 15) is 4.79 Å². The molecule has 0 saturated carbocycles. The molecule has 1 saturated heterocycles. The number of likely N-dealkylation sites (tertiary alicyclic amines) is 1. The van der Waals surface area contributed by atoms with Gasteiger partial charge in [0.25, 0.3) is 0 Å². The number of fused-ring (bicyclic) bond motifs is 1. The van der Waals surface area contributed by atoms with Crippen LogP contribution in [0.2, 0.25) is 5.02 Å². The van der Waals surface area contributed by atoms with Crippen molar-refractivity contribution >= 4 is 23.6 Å². The third kappa shape index (κ3) is 2.30. The van der Waals surface area contributed by atoms with E-state index < -0.39 is 17.6 Å². The highest BCUT2D eigenvalue weighted by Crippen LogP contribution is 2.38. The Hall–Kier alpha value is -1.52. The Morgan fingerprint density at radius 1 is 1.55 bits per heavy atom. The quantitative estimate of drug-likeness (QED) is 0.911. The van der Waals surface area contributed by atoms with Gasteiger partial charge in [-0.25, -0.2) is 0 Å². The molecule has 2 aliphatic heterocycles. The predicted molar refractivity (Wildman–Crippen MR) is 77.1 cm³/mol. The van der Waals surface area contributed by atoms with Gasteiger partial charge < -0.3 is 9.84 Å². The summed E-state index contributed by atoms with van der Waals surface area (Å²) in [6.45, 7) is 3.01. The monoisotopic (exact) mass is 293 g/mol. The van der Waals surface area contributed by atoms with Crippen LogP contribution in [0, 0.1) is 0 Å². The molecule has 0 bridgehead atoms. The van der Waals surface area contributed by atoms with Gasteiger partial charge in [0, 0.05) is 30.1 Å². The fourth-order valence-electron chi connectivity index (χ4n) is 2.77. The van der Waals surface area contributed by atoms with Gasteiger partial charge in [0.1, 0.15) is 17.4 Å². The average molecular weight is 294 g/mol. The van der Waals surface area contributed by atoms with Crippen LogP contribution in [0.4, 0.5) is 0 Å². The number of hydrogen-bond donors (Lipinski definition) is 1. The summed E-state index contributed by atoms with van der Waals surface area (Å²) in [6.07, 6.45) is 4.86. The van der Waals surface area contributed by atoms with E-state index in [4.69, 9.17) is 21.4 Å². The number of halogens is 1. The second-order valence-corrected chi connectivity index (χ2v) is 5.85. The number of hydrogen-bond acceptors (Lipinski definition) is 3. The maximum atomic E-state index is 11.1. The third-order valence-corrected chi connectivity index (χ3v) is 4.29. The highest BCUT2D eigenvalue weighted by molar-refractivity contribution is 6.30. The minimum Gasteiger partial charge on any atom is -0.481 e. The van der Waals surface area contributed by atoms with Crippen LogP contribution in [-0.2, 0) is 4.79 Å². The first-order chi connectivity index (χ1) is 9.49. The van der Waals surface area contributed by atoms with Crippen molar-refractivity contribution in [2.45, 2.75) is 25.0 Å². The van der Waals surface area contributed by atoms with Crippen molar-refractivity contribution < 1.29 is 14.6 Å². The van der Waals surface area contributed by atoms with Crippen LogP contribution in [0.15, 0.2) is 24.3 Å². The Bertz CT molecular complexity index is 586. The van der Waals surface area contributed by atoms with Crippen LogP contribution < -0.4 is 4.74 Å². The van der Waals surface area contributed by atoms with Crippen molar-refractivity contribution in [1.82, 2.24) is 4.90 Å². The lowest BCUT2D eigenvalue weighted by Gasteiger charge is -2.32. The third-order valence-electron chi connectivity index (χ3n) is 4.05. The summed E-state index contributed by atoms with van der Waals surface area (Å²) in [6, 6.07) is 5.07. The maximum absolute atomic E-state index is 11.1. The highest BCUT2D eigenvalue weighted by Gasteiger charge is 2.42. The molecular weight excluding hydrogens is 278 g/mol. The molecule has 4 nitrogen and oxygen atoms in total. The molecule has 106 valence electrons. The Balaban J connectivity index is 1.82. The Morgan fingerprint density at radius 3 is 3.10 bits per heavy atom. The molecule has 2 heterocycles. The molecule has 1 fully saturated rings. The predicted octanol–water partition coefficient (Wildman–Crippen LogP) is 2.66. The largest absolute Gasteiger partial charge is 0.481 e. The summed E-state index contributed by atoms with van der Waals surface area (Å²) in [5.74, 6) is -0.0323. The maximum Gasteiger partial charge on any atom is 0.320 e. The summed E-state index contributed by atoms with van der Waals surface area (Å²) in [7, 11) is 0. The number of carboxylic acids is 1. The van der Waals surface area contributed by atoms with Crippen LogP contribution >= 0.6 is 11.6 Å². The van der Waals surface area contributed by atoms with Crippen LogP contribution in [0.25, 0.3) is 6.08 Å². The molecule has 20 heavy (non-hydrogen) atoms. The molecule has 0 aromatic heterocycles. The van der Waals surface area contributed by atoms with E-state index in [1.54, 1.807) is 6.92 Å². The fraction of sp³-hybridized carbons (Fsp3) is 0.400. The van der Waals surface area contributed by atoms with Crippen molar-refractivity contribution in [1.29, 1.82) is 0 Å². The second-order valence-electron chi connectivity index (χ2n) is 5.42. The first-order valence-corrected chi connectivity index (χ1v) is 7.02. The number of ether oxygens (including phenoxy) is 1. The Morgan fingerprint density at radius 2 is 2.35 bits per heavy atom. The SMILES string of the molecule is CC(C(=O)O)N1CCC2(C=Cc3ccc(Cl)cc3O2)C1. The Labute approximate surface area is 122 Å². The van der Waals surface area contributed by atoms with Gasteiger partial charge in [-0.2, -0.15) is 0 Å². The van der Waals surface area contributed by atoms with E-state index in [-0.39, 0.29) is 0 Å². The minimum absolute atomic E-state index is 0.429. The zero-order chi connectivity index (χ0) is 14.3. The van der Waals surface area contributed by atoms with E-state index in [1.165, 1.54) is 0 Å². The van der Waals surface area contributed by atoms with Gasteiger partial charge >= 0.3 is 5.97 Å². The molecule has 3 rings (SSSR count). The van der Waals surface area contributed by atoms with Crippen LogP contribution in [0.3, 0.4) is 0 Å². The van der Waals surface area contributed by atoms with Gasteiger partial charge in [-0.05, 0) is 31.2 Å². The number of nitrogens with zero attached hydrogens (tertiary/aromatic N) is 1. The summed E-state index contributed by atoms with van der Waals surface area (Å²) >= 11 is 6.00. The van der Waals surface area contributed by atoms with Crippen LogP contribution in [-0.4, -0.2) is 40.7 Å². The van der Waals surface area contributed by atoms with Gasteiger partial charge in [0.05, 0.1) is 0 Å². The Kier molecular flexibility index (Phi) is 3.22. The molecule has 0 aliphatic carbocycles. The van der Waals surface area contributed by atoms with Gasteiger partial charge in [-0.15, -0.1) is 0 Å². The highest BCUT2D eigenvalue weighted by atomic mass is 35.5. The summed E-state index contributed by atoms with van der Waals surface area (Å²) < 4.78 is 6.12. The smallest absolute Gasteiger partial charge is 0.320 e. The number of carbonyl (C=O) groups is 1. The molecule has 1 aromatic carbocycles. The summed E-state index contributed by atoms with van der Waals surface area (Å²) in [4.78, 5) is 13.0. The normalized spacial score (nSPS) is 26.3. The fourth-order valence-corrected chi connectivity index (χ4v) is 2.93. The van der Waals surface area contributed by atoms with Crippen molar-refractivity contribution in [2.24, 2.45) is 0 Å². The van der Waals surface area contributed by atoms with E-state index in [2.05, 4.69) is 0 Å². The minimum atomic E-state index is -0.801. The lowest BCUT2D eigenvalue weighted by atomic mass is 9.97. The van der Waals surface area contributed by atoms with Gasteiger partial charge in [0.2, 0.25) is 0 Å². The van der Waals surface area contributed by atoms with Crippen molar-refractivity contribution in [3.05, 3.63) is 34.9 Å². The van der Waals surface area contributed by atoms with Crippen LogP contribution in [0.1, 0.15) is 18.9 Å². The molecule has 2 aliphatic rings. The molecule has 2 atom stereocenters. The zero-order valence-electron chi connectivity index (χ0n) is 11.2. The average Bonchev–Trinajstić information content (AvgIpc) is 2.81. The lowest BCUT2D eigenvalue weighted by molar-refractivity contribution is -0.142. The molecule has 1 aromatic rings. The van der Waals surface area contributed by atoms with Gasteiger partial charge in [-0.1, -0.05) is 17.7 Å². The molecule has 0 radical (unpaired) electrons. The molecule has 5 heteroatoms. The molecular formula is C15H16ClNO3. The van der Waals surface area contributed by atoms with Gasteiger partial charge in [0.15, 0.2) is 0 Å². The standard InChI is InChI=1S/C15H16ClNO3/c1-10(14(18)19)17-7-6-15(9-17)5-4-11-2-3-12(16)8-13(11)20-15/h2-5,8,10H,6-7,9H2,1H3,(H,18,19). The molecule has 1 N–H and O–H groups in total. The second kappa shape index (κ2) is 4.79. The summed E-state index contributed by atoms with van der Waals surface area (Å²) in [5, 5.41) is 9.75. The van der Waals surface area contributed by atoms with E-state index in [1.807, 2.05) is 35.3 Å². The van der Waals surface area contributed by atoms with E-state index in [0.717, 1.165) is 17.7 Å². The molecule has 1 spiro atoms. The van der Waals surface area contributed by atoms with Crippen molar-refractivity contribution in [3.8, 4) is 5.75 Å². The summed E-state index contributed by atoms with van der Waals surface area (Å²) in [5.41, 5.74) is 0.575. The number of benzene rings is 1. The number of aliphatic carboxylic acids is 1. The number of carboxylic acid groups (broad SMARTS) is 1. The van der Waals surface area contributed by atoms with Crippen LogP contribution in [0.5, 0.6) is 5.75 Å². The first-order valence-electron chi connectivity index (χ1n) is 6.64. The first kappa shape index (κ1) is 13.5. The molecule has 0 amide bonds. The van der Waals surface area contributed by atoms with Crippen molar-refractivity contribution in [2.75, 3.05) is 13.1 Å². The topological polar surface area (TPSA) is 49.8 Å². The lowest BCUT2D eigenvalue weighted by Crippen LogP contribution is -2.43. The molecule has 2 unspecified atom stereocenters. The number of rotatable bonds is 2. The van der Waals surface area contributed by atoms with Crippen molar-refractivity contribution in [3.63, 3.8) is 0 Å².